The summed E-state index contributed by atoms with van der Waals surface area (Å²) in [6.07, 6.45) is 0.770. The number of aryl methyl sites for hydroxylation is 1. The van der Waals surface area contributed by atoms with Gasteiger partial charge >= 0.3 is 0 Å². The van der Waals surface area contributed by atoms with E-state index in [9.17, 15) is 9.18 Å². The van der Waals surface area contributed by atoms with Gasteiger partial charge in [-0.25, -0.2) is 4.39 Å². The van der Waals surface area contributed by atoms with Crippen LogP contribution in [0.3, 0.4) is 0 Å². The van der Waals surface area contributed by atoms with E-state index >= 15 is 0 Å². The first-order valence-electron chi connectivity index (χ1n) is 6.84. The van der Waals surface area contributed by atoms with E-state index in [1.807, 2.05) is 31.2 Å². The lowest BCUT2D eigenvalue weighted by Crippen LogP contribution is -2.30. The van der Waals surface area contributed by atoms with Gasteiger partial charge in [-0.2, -0.15) is 0 Å². The van der Waals surface area contributed by atoms with E-state index in [1.165, 1.54) is 23.3 Å². The first-order valence-corrected chi connectivity index (χ1v) is 6.84. The molecule has 0 aliphatic heterocycles. The van der Waals surface area contributed by atoms with Gasteiger partial charge in [0.1, 0.15) is 11.6 Å². The van der Waals surface area contributed by atoms with Gasteiger partial charge in [0.15, 0.2) is 6.61 Å². The highest BCUT2D eigenvalue weighted by Gasteiger charge is 2.03. The smallest absolute Gasteiger partial charge is 0.257 e. The Morgan fingerprint density at radius 3 is 2.67 bits per heavy atom. The van der Waals surface area contributed by atoms with Crippen molar-refractivity contribution in [1.29, 1.82) is 0 Å². The fourth-order valence-electron chi connectivity index (χ4n) is 1.86. The van der Waals surface area contributed by atoms with E-state index in [-0.39, 0.29) is 18.3 Å². The van der Waals surface area contributed by atoms with Crippen LogP contribution >= 0.6 is 0 Å². The minimum Gasteiger partial charge on any atom is -0.484 e. The lowest BCUT2D eigenvalue weighted by atomic mass is 10.1. The maximum atomic E-state index is 12.9. The maximum absolute atomic E-state index is 12.9. The molecule has 0 bridgehead atoms. The molecular formula is C17H18FNO2. The zero-order valence-electron chi connectivity index (χ0n) is 11.9. The summed E-state index contributed by atoms with van der Waals surface area (Å²) < 4.78 is 18.1. The van der Waals surface area contributed by atoms with E-state index in [4.69, 9.17) is 4.74 Å². The van der Waals surface area contributed by atoms with Crippen molar-refractivity contribution < 1.29 is 13.9 Å². The lowest BCUT2D eigenvalue weighted by Gasteiger charge is -2.08. The fourth-order valence-corrected chi connectivity index (χ4v) is 1.86. The molecule has 0 aliphatic rings. The second kappa shape index (κ2) is 7.43. The summed E-state index contributed by atoms with van der Waals surface area (Å²) in [5.74, 6) is -0.248. The molecule has 1 amide bonds. The maximum Gasteiger partial charge on any atom is 0.257 e. The Kier molecular flexibility index (Phi) is 5.32. The van der Waals surface area contributed by atoms with Gasteiger partial charge in [-0.3, -0.25) is 4.79 Å². The summed E-state index contributed by atoms with van der Waals surface area (Å²) in [7, 11) is 0. The molecule has 0 aliphatic carbocycles. The van der Waals surface area contributed by atoms with Gasteiger partial charge in [-0.05, 0) is 31.0 Å². The van der Waals surface area contributed by atoms with E-state index in [1.54, 1.807) is 12.1 Å². The highest BCUT2D eigenvalue weighted by Crippen LogP contribution is 2.11. The Morgan fingerprint density at radius 1 is 1.19 bits per heavy atom. The molecule has 3 nitrogen and oxygen atoms in total. The number of amides is 1. The van der Waals surface area contributed by atoms with Crippen LogP contribution in [-0.4, -0.2) is 19.1 Å². The molecular weight excluding hydrogens is 269 g/mol. The number of hydrogen-bond donors (Lipinski definition) is 1. The second-order valence-electron chi connectivity index (χ2n) is 4.83. The van der Waals surface area contributed by atoms with Crippen LogP contribution in [0.15, 0.2) is 48.5 Å². The van der Waals surface area contributed by atoms with Gasteiger partial charge in [0, 0.05) is 12.6 Å². The van der Waals surface area contributed by atoms with E-state index in [2.05, 4.69) is 5.32 Å². The van der Waals surface area contributed by atoms with Crippen LogP contribution < -0.4 is 10.1 Å². The molecule has 2 rings (SSSR count). The van der Waals surface area contributed by atoms with Gasteiger partial charge < -0.3 is 10.1 Å². The Labute approximate surface area is 123 Å². The van der Waals surface area contributed by atoms with Crippen LogP contribution in [0, 0.1) is 12.7 Å². The SMILES string of the molecule is Cc1ccc(CCNC(=O)COc2cccc(F)c2)cc1. The van der Waals surface area contributed by atoms with Crippen LogP contribution in [0.4, 0.5) is 4.39 Å². The Bertz CT molecular complexity index is 596. The number of hydrogen-bond acceptors (Lipinski definition) is 2. The van der Waals surface area contributed by atoms with Gasteiger partial charge in [0.2, 0.25) is 0 Å². The molecule has 0 radical (unpaired) electrons. The molecule has 1 N–H and O–H groups in total. The third-order valence-corrected chi connectivity index (χ3v) is 3.02. The average Bonchev–Trinajstić information content (AvgIpc) is 2.47. The number of halogens is 1. The number of carbonyl (C=O) groups excluding carboxylic acids is 1. The van der Waals surface area contributed by atoms with Crippen molar-refractivity contribution in [2.24, 2.45) is 0 Å². The molecule has 21 heavy (non-hydrogen) atoms. The Balaban J connectivity index is 1.69. The standard InChI is InChI=1S/C17H18FNO2/c1-13-5-7-14(8-6-13)9-10-19-17(20)12-21-16-4-2-3-15(18)11-16/h2-8,11H,9-10,12H2,1H3,(H,19,20). The van der Waals surface area contributed by atoms with Crippen LogP contribution in [0.5, 0.6) is 5.75 Å². The molecule has 0 spiro atoms. The number of rotatable bonds is 6. The third kappa shape index (κ3) is 5.26. The number of nitrogens with one attached hydrogen (secondary N) is 1. The number of carbonyl (C=O) groups is 1. The minimum absolute atomic E-state index is 0.114. The molecule has 0 saturated carbocycles. The van der Waals surface area contributed by atoms with Crippen LogP contribution in [0.25, 0.3) is 0 Å². The molecule has 0 atom stereocenters. The van der Waals surface area contributed by atoms with Crippen LogP contribution in [0.2, 0.25) is 0 Å². The topological polar surface area (TPSA) is 38.3 Å². The van der Waals surface area contributed by atoms with Crippen molar-refractivity contribution in [2.45, 2.75) is 13.3 Å². The van der Waals surface area contributed by atoms with Crippen LogP contribution in [0.1, 0.15) is 11.1 Å². The molecule has 0 saturated heterocycles. The van der Waals surface area contributed by atoms with Crippen molar-refractivity contribution in [2.75, 3.05) is 13.2 Å². The molecule has 2 aromatic carbocycles. The van der Waals surface area contributed by atoms with Gasteiger partial charge in [0.25, 0.3) is 5.91 Å². The summed E-state index contributed by atoms with van der Waals surface area (Å²) in [6, 6.07) is 13.9. The van der Waals surface area contributed by atoms with Crippen molar-refractivity contribution in [3.05, 3.63) is 65.5 Å². The van der Waals surface area contributed by atoms with E-state index in [0.29, 0.717) is 12.3 Å². The fraction of sp³-hybridized carbons (Fsp3) is 0.235. The predicted octanol–water partition coefficient (Wildman–Crippen LogP) is 2.87. The quantitative estimate of drug-likeness (QED) is 0.887. The summed E-state index contributed by atoms with van der Waals surface area (Å²) in [5.41, 5.74) is 2.39. The largest absolute Gasteiger partial charge is 0.484 e. The molecule has 0 aromatic heterocycles. The summed E-state index contributed by atoms with van der Waals surface area (Å²) in [6.45, 7) is 2.47. The Morgan fingerprint density at radius 2 is 1.95 bits per heavy atom. The summed E-state index contributed by atoms with van der Waals surface area (Å²) in [5, 5.41) is 2.77. The monoisotopic (exact) mass is 287 g/mol. The summed E-state index contributed by atoms with van der Waals surface area (Å²) >= 11 is 0. The van der Waals surface area contributed by atoms with Gasteiger partial charge in [0.05, 0.1) is 0 Å². The molecule has 0 heterocycles. The van der Waals surface area contributed by atoms with Gasteiger partial charge in [-0.15, -0.1) is 0 Å². The zero-order valence-corrected chi connectivity index (χ0v) is 11.9. The Hall–Kier alpha value is -2.36. The highest BCUT2D eigenvalue weighted by molar-refractivity contribution is 5.77. The minimum atomic E-state index is -0.382. The molecule has 4 heteroatoms. The predicted molar refractivity (Wildman–Crippen MR) is 79.8 cm³/mol. The average molecular weight is 287 g/mol. The van der Waals surface area contributed by atoms with Crippen molar-refractivity contribution in [3.63, 3.8) is 0 Å². The van der Waals surface area contributed by atoms with Crippen molar-refractivity contribution >= 4 is 5.91 Å². The van der Waals surface area contributed by atoms with E-state index in [0.717, 1.165) is 6.42 Å². The molecule has 2 aromatic rings. The summed E-state index contributed by atoms with van der Waals surface area (Å²) in [4.78, 5) is 11.6. The second-order valence-corrected chi connectivity index (χ2v) is 4.83. The molecule has 110 valence electrons. The third-order valence-electron chi connectivity index (χ3n) is 3.02. The van der Waals surface area contributed by atoms with E-state index < -0.39 is 0 Å². The zero-order chi connectivity index (χ0) is 15.1. The first kappa shape index (κ1) is 15.0. The van der Waals surface area contributed by atoms with Crippen LogP contribution in [-0.2, 0) is 11.2 Å². The highest BCUT2D eigenvalue weighted by atomic mass is 19.1. The number of ether oxygens (including phenoxy) is 1. The normalized spacial score (nSPS) is 10.2. The lowest BCUT2D eigenvalue weighted by molar-refractivity contribution is -0.123. The number of benzene rings is 2. The van der Waals surface area contributed by atoms with Gasteiger partial charge in [-0.1, -0.05) is 35.9 Å². The van der Waals surface area contributed by atoms with Crippen molar-refractivity contribution in [1.82, 2.24) is 5.32 Å². The van der Waals surface area contributed by atoms with Crippen molar-refractivity contribution in [3.8, 4) is 5.75 Å². The molecule has 0 fully saturated rings. The first-order chi connectivity index (χ1) is 10.1. The molecule has 0 unspecified atom stereocenters.